The fraction of sp³-hybridized carbons (Fsp3) is 0.367. The van der Waals surface area contributed by atoms with Crippen LogP contribution in [0.5, 0.6) is 5.75 Å². The van der Waals surface area contributed by atoms with Crippen LogP contribution in [-0.2, 0) is 25.8 Å². The second kappa shape index (κ2) is 13.1. The highest BCUT2D eigenvalue weighted by atomic mass is 19.4. The van der Waals surface area contributed by atoms with E-state index in [1.807, 2.05) is 51.1 Å². The van der Waals surface area contributed by atoms with Crippen molar-refractivity contribution in [3.05, 3.63) is 71.4 Å². The van der Waals surface area contributed by atoms with Crippen molar-refractivity contribution in [3.8, 4) is 5.75 Å². The van der Waals surface area contributed by atoms with E-state index in [0.29, 0.717) is 5.75 Å². The van der Waals surface area contributed by atoms with Crippen LogP contribution in [0.15, 0.2) is 54.6 Å². The number of carbonyl (C=O) groups excluding carboxylic acids is 4. The first-order valence-electron chi connectivity index (χ1n) is 13.6. The van der Waals surface area contributed by atoms with E-state index in [2.05, 4.69) is 15.1 Å². The first-order chi connectivity index (χ1) is 20.3. The molecule has 43 heavy (non-hydrogen) atoms. The lowest BCUT2D eigenvalue weighted by Crippen LogP contribution is -2.47. The fourth-order valence-electron chi connectivity index (χ4n) is 4.76. The van der Waals surface area contributed by atoms with E-state index in [4.69, 9.17) is 4.74 Å². The summed E-state index contributed by atoms with van der Waals surface area (Å²) in [5.74, 6) is -5.17. The monoisotopic (exact) mass is 600 g/mol. The van der Waals surface area contributed by atoms with Crippen LogP contribution in [0, 0.1) is 18.8 Å². The highest BCUT2D eigenvalue weighted by molar-refractivity contribution is 5.95. The number of hydrogen-bond acceptors (Lipinski definition) is 7. The molecule has 2 aromatic carbocycles. The van der Waals surface area contributed by atoms with Gasteiger partial charge >= 0.3 is 12.1 Å². The number of nitrogens with one attached hydrogen (secondary N) is 2. The average Bonchev–Trinajstić information content (AvgIpc) is 3.37. The summed E-state index contributed by atoms with van der Waals surface area (Å²) in [7, 11) is 0. The van der Waals surface area contributed by atoms with Gasteiger partial charge in [0.2, 0.25) is 5.91 Å². The second-order valence-corrected chi connectivity index (χ2v) is 10.7. The highest BCUT2D eigenvalue weighted by Crippen LogP contribution is 2.23. The molecule has 1 aromatic heterocycles. The summed E-state index contributed by atoms with van der Waals surface area (Å²) in [6.45, 7) is 5.61. The maximum atomic E-state index is 13.1. The third-order valence-corrected chi connectivity index (χ3v) is 6.83. The third kappa shape index (κ3) is 7.99. The molecule has 0 radical (unpaired) electrons. The molecule has 0 bridgehead atoms. The smallest absolute Gasteiger partial charge is 0.489 e. The number of alkyl halides is 3. The number of carbonyl (C=O) groups is 4. The van der Waals surface area contributed by atoms with E-state index in [1.54, 1.807) is 12.1 Å². The largest absolute Gasteiger partial charge is 0.493 e. The number of para-hydroxylation sites is 1. The van der Waals surface area contributed by atoms with Gasteiger partial charge in [0.15, 0.2) is 0 Å². The number of rotatable bonds is 8. The predicted molar refractivity (Wildman–Crippen MR) is 148 cm³/mol. The van der Waals surface area contributed by atoms with Gasteiger partial charge in [-0.25, -0.2) is 4.79 Å². The number of halogens is 3. The van der Waals surface area contributed by atoms with Gasteiger partial charge in [0.25, 0.3) is 11.8 Å². The fourth-order valence-corrected chi connectivity index (χ4v) is 4.76. The molecule has 0 spiro atoms. The van der Waals surface area contributed by atoms with Gasteiger partial charge in [-0.3, -0.25) is 19.4 Å². The lowest BCUT2D eigenvalue weighted by molar-refractivity contribution is -0.208. The van der Waals surface area contributed by atoms with Crippen molar-refractivity contribution >= 4 is 34.6 Å². The minimum absolute atomic E-state index is 0.0168. The number of amides is 3. The van der Waals surface area contributed by atoms with Crippen LogP contribution in [0.2, 0.25) is 0 Å². The van der Waals surface area contributed by atoms with Crippen LogP contribution in [0.3, 0.4) is 0 Å². The zero-order valence-corrected chi connectivity index (χ0v) is 23.7. The summed E-state index contributed by atoms with van der Waals surface area (Å²) in [6, 6.07) is 15.0. The Morgan fingerprint density at radius 1 is 1.05 bits per heavy atom. The topological polar surface area (TPSA) is 127 Å². The van der Waals surface area contributed by atoms with E-state index in [9.17, 15) is 32.3 Å². The first-order valence-corrected chi connectivity index (χ1v) is 13.6. The SMILES string of the molecule is Cc1cc(COc2ccc(C(=O)N[C@@H]3CN(C(=O)CC(C)C)C[C@@H]3C(=O)NOC(=O)C(F)(F)F)cc2)c2ccccc2n1. The maximum absolute atomic E-state index is 13.1. The highest BCUT2D eigenvalue weighted by Gasteiger charge is 2.44. The van der Waals surface area contributed by atoms with Gasteiger partial charge in [0.05, 0.1) is 17.5 Å². The molecule has 4 rings (SSSR count). The Balaban J connectivity index is 1.41. The van der Waals surface area contributed by atoms with Crippen LogP contribution in [0.4, 0.5) is 13.2 Å². The molecule has 10 nitrogen and oxygen atoms in total. The van der Waals surface area contributed by atoms with Crippen LogP contribution in [0.1, 0.15) is 41.9 Å². The molecule has 13 heteroatoms. The number of fused-ring (bicyclic) bond motifs is 1. The molecule has 3 amide bonds. The van der Waals surface area contributed by atoms with Crippen molar-refractivity contribution in [1.82, 2.24) is 20.7 Å². The van der Waals surface area contributed by atoms with Crippen molar-refractivity contribution in [2.45, 2.75) is 46.0 Å². The van der Waals surface area contributed by atoms with Crippen molar-refractivity contribution in [2.75, 3.05) is 13.1 Å². The van der Waals surface area contributed by atoms with Gasteiger partial charge in [-0.2, -0.15) is 18.7 Å². The van der Waals surface area contributed by atoms with E-state index in [-0.39, 0.29) is 43.5 Å². The van der Waals surface area contributed by atoms with Crippen LogP contribution in [0.25, 0.3) is 10.9 Å². The summed E-state index contributed by atoms with van der Waals surface area (Å²) < 4.78 is 43.4. The van der Waals surface area contributed by atoms with Crippen LogP contribution >= 0.6 is 0 Å². The maximum Gasteiger partial charge on any atom is 0.493 e. The molecule has 2 heterocycles. The third-order valence-electron chi connectivity index (χ3n) is 6.83. The van der Waals surface area contributed by atoms with E-state index in [0.717, 1.165) is 22.2 Å². The Kier molecular flexibility index (Phi) is 9.52. The zero-order chi connectivity index (χ0) is 31.3. The number of pyridine rings is 1. The van der Waals surface area contributed by atoms with Gasteiger partial charge in [0, 0.05) is 41.7 Å². The number of ether oxygens (including phenoxy) is 1. The van der Waals surface area contributed by atoms with Crippen LogP contribution in [-0.4, -0.2) is 58.9 Å². The van der Waals surface area contributed by atoms with Crippen molar-refractivity contribution in [3.63, 3.8) is 0 Å². The van der Waals surface area contributed by atoms with Crippen molar-refractivity contribution in [1.29, 1.82) is 0 Å². The first kappa shape index (κ1) is 31.3. The molecule has 0 saturated carbocycles. The predicted octanol–water partition coefficient (Wildman–Crippen LogP) is 3.86. The average molecular weight is 601 g/mol. The summed E-state index contributed by atoms with van der Waals surface area (Å²) in [6.07, 6.45) is -5.13. The van der Waals surface area contributed by atoms with E-state index < -0.39 is 35.9 Å². The molecule has 3 aromatic rings. The molecular weight excluding hydrogens is 569 g/mol. The molecule has 1 aliphatic heterocycles. The molecule has 0 unspecified atom stereocenters. The number of hydroxylamine groups is 1. The van der Waals surface area contributed by atoms with Crippen LogP contribution < -0.4 is 15.5 Å². The molecule has 1 aliphatic rings. The molecule has 228 valence electrons. The van der Waals surface area contributed by atoms with E-state index in [1.165, 1.54) is 22.5 Å². The quantitative estimate of drug-likeness (QED) is 0.376. The Morgan fingerprint density at radius 2 is 1.74 bits per heavy atom. The van der Waals surface area contributed by atoms with Crippen molar-refractivity contribution in [2.24, 2.45) is 11.8 Å². The molecule has 2 N–H and O–H groups in total. The Bertz CT molecular complexity index is 1510. The molecule has 0 aliphatic carbocycles. The number of likely N-dealkylation sites (tertiary alicyclic amines) is 1. The lowest BCUT2D eigenvalue weighted by atomic mass is 10.0. The standard InChI is InChI=1S/C30H31F3N4O6/c1-17(2)12-26(38)37-14-23(28(40)36-43-29(41)30(31,32)33)25(15-37)35-27(39)19-8-10-21(11-9-19)42-16-20-13-18(3)34-24-7-5-4-6-22(20)24/h4-11,13,17,23,25H,12,14-16H2,1-3H3,(H,35,39)(H,36,40)/t23-,25+/m0/s1. The summed E-state index contributed by atoms with van der Waals surface area (Å²) in [5, 5.41) is 3.65. The summed E-state index contributed by atoms with van der Waals surface area (Å²) in [5.41, 5.74) is 4.40. The number of aryl methyl sites for hydroxylation is 1. The number of hydrogen-bond donors (Lipinski definition) is 2. The Labute approximate surface area is 245 Å². The minimum Gasteiger partial charge on any atom is -0.489 e. The zero-order valence-electron chi connectivity index (χ0n) is 23.7. The van der Waals surface area contributed by atoms with Gasteiger partial charge in [0.1, 0.15) is 12.4 Å². The van der Waals surface area contributed by atoms with Gasteiger partial charge in [-0.05, 0) is 49.2 Å². The normalized spacial score (nSPS) is 16.7. The Hall–Kier alpha value is -4.68. The number of nitrogens with zero attached hydrogens (tertiary/aromatic N) is 2. The minimum atomic E-state index is -5.31. The summed E-state index contributed by atoms with van der Waals surface area (Å²) in [4.78, 5) is 59.2. The van der Waals surface area contributed by atoms with E-state index >= 15 is 0 Å². The van der Waals surface area contributed by atoms with Gasteiger partial charge in [-0.15, -0.1) is 0 Å². The Morgan fingerprint density at radius 3 is 2.42 bits per heavy atom. The second-order valence-electron chi connectivity index (χ2n) is 10.7. The van der Waals surface area contributed by atoms with Crippen molar-refractivity contribution < 1.29 is 41.9 Å². The number of benzene rings is 2. The van der Waals surface area contributed by atoms with Gasteiger partial charge < -0.3 is 19.8 Å². The lowest BCUT2D eigenvalue weighted by Gasteiger charge is -2.19. The molecule has 1 fully saturated rings. The molecule has 2 atom stereocenters. The number of aromatic nitrogens is 1. The molecular formula is C30H31F3N4O6. The molecule has 1 saturated heterocycles. The van der Waals surface area contributed by atoms with Gasteiger partial charge in [-0.1, -0.05) is 32.0 Å². The summed E-state index contributed by atoms with van der Waals surface area (Å²) >= 11 is 0.